The first-order chi connectivity index (χ1) is 11.5. The van der Waals surface area contributed by atoms with Crippen LogP contribution in [0.15, 0.2) is 10.4 Å². The second-order valence-electron chi connectivity index (χ2n) is 7.05. The Hall–Kier alpha value is -1.34. The second-order valence-corrected chi connectivity index (χ2v) is 7.89. The number of piperidine rings is 1. The van der Waals surface area contributed by atoms with E-state index in [1.54, 1.807) is 11.3 Å². The maximum atomic E-state index is 4.59. The van der Waals surface area contributed by atoms with Crippen LogP contribution in [0.25, 0.3) is 0 Å². The van der Waals surface area contributed by atoms with Gasteiger partial charge in [-0.25, -0.2) is 4.98 Å². The summed E-state index contributed by atoms with van der Waals surface area (Å²) in [6, 6.07) is 0.507. The number of aliphatic imine (C=N–C) groups is 1. The van der Waals surface area contributed by atoms with Crippen LogP contribution >= 0.6 is 11.3 Å². The lowest BCUT2D eigenvalue weighted by molar-refractivity contribution is 0.187. The lowest BCUT2D eigenvalue weighted by atomic mass is 10.0. The van der Waals surface area contributed by atoms with Crippen LogP contribution in [-0.4, -0.2) is 62.7 Å². The monoisotopic (exact) mass is 352 g/mol. The number of likely N-dealkylation sites (tertiary alicyclic amines) is 1. The van der Waals surface area contributed by atoms with E-state index in [4.69, 9.17) is 0 Å². The third-order valence-electron chi connectivity index (χ3n) is 4.13. The summed E-state index contributed by atoms with van der Waals surface area (Å²) in [4.78, 5) is 13.5. The van der Waals surface area contributed by atoms with Gasteiger partial charge in [-0.15, -0.1) is 11.3 Å². The van der Waals surface area contributed by atoms with Crippen LogP contribution in [0.2, 0.25) is 0 Å². The third kappa shape index (κ3) is 5.94. The number of rotatable bonds is 6. The maximum Gasteiger partial charge on any atom is 0.191 e. The molecule has 136 valence electrons. The van der Waals surface area contributed by atoms with Crippen molar-refractivity contribution in [3.05, 3.63) is 11.1 Å². The van der Waals surface area contributed by atoms with Gasteiger partial charge in [-0.05, 0) is 18.8 Å². The average molecular weight is 353 g/mol. The zero-order valence-electron chi connectivity index (χ0n) is 15.7. The summed E-state index contributed by atoms with van der Waals surface area (Å²) >= 11 is 1.67. The predicted octanol–water partition coefficient (Wildman–Crippen LogP) is 1.99. The van der Waals surface area contributed by atoms with Crippen LogP contribution < -0.4 is 15.5 Å². The van der Waals surface area contributed by atoms with Crippen molar-refractivity contribution in [3.63, 3.8) is 0 Å². The summed E-state index contributed by atoms with van der Waals surface area (Å²) in [6.45, 7) is 8.83. The van der Waals surface area contributed by atoms with Crippen molar-refractivity contribution in [3.8, 4) is 0 Å². The van der Waals surface area contributed by atoms with Crippen molar-refractivity contribution in [1.29, 1.82) is 0 Å². The van der Waals surface area contributed by atoms with Crippen LogP contribution in [0.4, 0.5) is 5.13 Å². The molecule has 0 amide bonds. The highest BCUT2D eigenvalue weighted by Gasteiger charge is 2.20. The number of aromatic nitrogens is 1. The van der Waals surface area contributed by atoms with Crippen LogP contribution in [-0.2, 0) is 6.54 Å². The summed E-state index contributed by atoms with van der Waals surface area (Å²) < 4.78 is 0. The van der Waals surface area contributed by atoms with Gasteiger partial charge in [0.2, 0.25) is 0 Å². The highest BCUT2D eigenvalue weighted by atomic mass is 32.1. The molecule has 1 aliphatic heterocycles. The summed E-state index contributed by atoms with van der Waals surface area (Å²) in [7, 11) is 5.86. The van der Waals surface area contributed by atoms with Crippen molar-refractivity contribution in [2.75, 3.05) is 45.7 Å². The van der Waals surface area contributed by atoms with Crippen molar-refractivity contribution >= 4 is 22.4 Å². The van der Waals surface area contributed by atoms with Crippen LogP contribution in [0.1, 0.15) is 32.4 Å². The Morgan fingerprint density at radius 2 is 2.12 bits per heavy atom. The van der Waals surface area contributed by atoms with E-state index in [1.807, 2.05) is 26.0 Å². The molecule has 0 saturated carbocycles. The molecule has 1 aromatic heterocycles. The summed E-state index contributed by atoms with van der Waals surface area (Å²) in [5.74, 6) is 1.62. The quantitative estimate of drug-likeness (QED) is 0.606. The Labute approximate surface area is 150 Å². The van der Waals surface area contributed by atoms with Gasteiger partial charge < -0.3 is 20.4 Å². The Morgan fingerprint density at radius 3 is 2.67 bits per heavy atom. The highest BCUT2D eigenvalue weighted by molar-refractivity contribution is 7.13. The number of nitrogens with one attached hydrogen (secondary N) is 2. The first-order valence-electron chi connectivity index (χ1n) is 8.79. The first kappa shape index (κ1) is 19.0. The first-order valence-corrected chi connectivity index (χ1v) is 9.67. The van der Waals surface area contributed by atoms with Crippen molar-refractivity contribution in [1.82, 2.24) is 20.5 Å². The lowest BCUT2D eigenvalue weighted by Crippen LogP contribution is -2.49. The molecule has 0 radical (unpaired) electrons. The minimum atomic E-state index is 0.507. The third-order valence-corrected chi connectivity index (χ3v) is 5.19. The fourth-order valence-electron chi connectivity index (χ4n) is 2.92. The van der Waals surface area contributed by atoms with E-state index >= 15 is 0 Å². The van der Waals surface area contributed by atoms with Gasteiger partial charge in [0, 0.05) is 52.2 Å². The number of nitrogens with zero attached hydrogens (tertiary/aromatic N) is 4. The fraction of sp³-hybridized carbons (Fsp3) is 0.765. The Balaban J connectivity index is 1.74. The summed E-state index contributed by atoms with van der Waals surface area (Å²) in [5, 5.41) is 10.1. The van der Waals surface area contributed by atoms with Gasteiger partial charge in [-0.3, -0.25) is 4.99 Å². The van der Waals surface area contributed by atoms with Gasteiger partial charge in [0.25, 0.3) is 0 Å². The van der Waals surface area contributed by atoms with Gasteiger partial charge in [0.05, 0.1) is 12.2 Å². The van der Waals surface area contributed by atoms with E-state index in [0.717, 1.165) is 22.7 Å². The predicted molar refractivity (Wildman–Crippen MR) is 104 cm³/mol. The molecule has 0 aliphatic carbocycles. The number of guanidine groups is 1. The van der Waals surface area contributed by atoms with Crippen LogP contribution in [0.5, 0.6) is 0 Å². The number of anilines is 1. The van der Waals surface area contributed by atoms with Gasteiger partial charge in [-0.1, -0.05) is 13.8 Å². The van der Waals surface area contributed by atoms with Crippen molar-refractivity contribution in [2.24, 2.45) is 10.9 Å². The molecule has 2 heterocycles. The Bertz CT molecular complexity index is 517. The molecule has 0 aromatic carbocycles. The molecule has 0 atom stereocenters. The molecule has 1 fully saturated rings. The molecular formula is C17H32N6S. The summed E-state index contributed by atoms with van der Waals surface area (Å²) in [5.41, 5.74) is 1.05. The molecule has 0 spiro atoms. The van der Waals surface area contributed by atoms with Crippen LogP contribution in [0.3, 0.4) is 0 Å². The number of hydrogen-bond donors (Lipinski definition) is 2. The highest BCUT2D eigenvalue weighted by Crippen LogP contribution is 2.17. The Morgan fingerprint density at radius 1 is 1.42 bits per heavy atom. The van der Waals surface area contributed by atoms with Gasteiger partial charge >= 0.3 is 0 Å². The minimum Gasteiger partial charge on any atom is -0.354 e. The molecular weight excluding hydrogens is 320 g/mol. The molecule has 0 unspecified atom stereocenters. The largest absolute Gasteiger partial charge is 0.354 e. The SMILES string of the molecule is CN=C(NCc1csc(N(C)C)n1)NC1CCN(CC(C)C)CC1. The van der Waals surface area contributed by atoms with E-state index in [-0.39, 0.29) is 0 Å². The van der Waals surface area contributed by atoms with Crippen molar-refractivity contribution in [2.45, 2.75) is 39.3 Å². The minimum absolute atomic E-state index is 0.507. The van der Waals surface area contributed by atoms with E-state index in [0.29, 0.717) is 12.6 Å². The zero-order chi connectivity index (χ0) is 17.5. The Kier molecular flexibility index (Phi) is 7.30. The molecule has 1 aromatic rings. The molecule has 7 heteroatoms. The molecule has 6 nitrogen and oxygen atoms in total. The number of thiazole rings is 1. The van der Waals surface area contributed by atoms with E-state index in [9.17, 15) is 0 Å². The molecule has 24 heavy (non-hydrogen) atoms. The standard InChI is InChI=1S/C17H32N6S/c1-13(2)11-23-8-6-14(7-9-23)20-16(18-3)19-10-15-12-24-17(21-15)22(4)5/h12-14H,6-11H2,1-5H3,(H2,18,19,20). The molecule has 2 rings (SSSR count). The topological polar surface area (TPSA) is 55.8 Å². The summed E-state index contributed by atoms with van der Waals surface area (Å²) in [6.07, 6.45) is 2.35. The molecule has 1 saturated heterocycles. The normalized spacial score (nSPS) is 17.3. The van der Waals surface area contributed by atoms with Crippen LogP contribution in [0, 0.1) is 5.92 Å². The van der Waals surface area contributed by atoms with Gasteiger partial charge in [0.15, 0.2) is 11.1 Å². The van der Waals surface area contributed by atoms with Crippen molar-refractivity contribution < 1.29 is 0 Å². The number of hydrogen-bond acceptors (Lipinski definition) is 5. The smallest absolute Gasteiger partial charge is 0.191 e. The molecule has 1 aliphatic rings. The molecule has 0 bridgehead atoms. The zero-order valence-corrected chi connectivity index (χ0v) is 16.5. The van der Waals surface area contributed by atoms with Gasteiger partial charge in [0.1, 0.15) is 0 Å². The van der Waals surface area contributed by atoms with E-state index in [1.165, 1.54) is 32.5 Å². The second kappa shape index (κ2) is 9.22. The molecule has 2 N–H and O–H groups in total. The fourth-order valence-corrected chi connectivity index (χ4v) is 3.68. The maximum absolute atomic E-state index is 4.59. The lowest BCUT2D eigenvalue weighted by Gasteiger charge is -2.33. The van der Waals surface area contributed by atoms with Gasteiger partial charge in [-0.2, -0.15) is 0 Å². The average Bonchev–Trinajstić information content (AvgIpc) is 3.02. The van der Waals surface area contributed by atoms with E-state index in [2.05, 4.69) is 44.7 Å². The van der Waals surface area contributed by atoms with E-state index < -0.39 is 0 Å².